The molecule has 0 bridgehead atoms. The second kappa shape index (κ2) is 5.20. The maximum absolute atomic E-state index is 5.63. The van der Waals surface area contributed by atoms with Crippen LogP contribution >= 0.6 is 0 Å². The Morgan fingerprint density at radius 1 is 1.13 bits per heavy atom. The Balaban J connectivity index is 3.02. The van der Waals surface area contributed by atoms with Crippen LogP contribution in [0.1, 0.15) is 19.4 Å². The average Bonchev–Trinajstić information content (AvgIpc) is 2.21. The maximum Gasteiger partial charge on any atom is 0.0314 e. The first kappa shape index (κ1) is 11.3. The molecule has 0 unspecified atom stereocenters. The number of benzene rings is 1. The fraction of sp³-hybridized carbons (Fsp3) is 0.143. The molecule has 1 aromatic rings. The number of anilines is 1. The Morgan fingerprint density at radius 2 is 1.73 bits per heavy atom. The summed E-state index contributed by atoms with van der Waals surface area (Å²) in [6.07, 6.45) is 5.99. The van der Waals surface area contributed by atoms with Gasteiger partial charge >= 0.3 is 0 Å². The van der Waals surface area contributed by atoms with E-state index in [9.17, 15) is 0 Å². The Hall–Kier alpha value is -1.76. The summed E-state index contributed by atoms with van der Waals surface area (Å²) in [7, 11) is 0. The monoisotopic (exact) mass is 199 g/mol. The van der Waals surface area contributed by atoms with Crippen molar-refractivity contribution >= 4 is 11.3 Å². The van der Waals surface area contributed by atoms with Gasteiger partial charge in [0.2, 0.25) is 0 Å². The zero-order valence-corrected chi connectivity index (χ0v) is 9.33. The summed E-state index contributed by atoms with van der Waals surface area (Å²) in [5.41, 5.74) is 9.93. The zero-order chi connectivity index (χ0) is 11.3. The van der Waals surface area contributed by atoms with Gasteiger partial charge < -0.3 is 5.73 Å². The summed E-state index contributed by atoms with van der Waals surface area (Å²) >= 11 is 0. The smallest absolute Gasteiger partial charge is 0.0314 e. The van der Waals surface area contributed by atoms with E-state index in [2.05, 4.69) is 32.6 Å². The summed E-state index contributed by atoms with van der Waals surface area (Å²) in [5, 5.41) is 0. The van der Waals surface area contributed by atoms with E-state index in [0.29, 0.717) is 0 Å². The molecule has 2 N–H and O–H groups in total. The van der Waals surface area contributed by atoms with Gasteiger partial charge in [-0.05, 0) is 37.1 Å². The molecule has 0 fully saturated rings. The van der Waals surface area contributed by atoms with Crippen LogP contribution in [0, 0.1) is 0 Å². The third kappa shape index (κ3) is 3.47. The topological polar surface area (TPSA) is 26.0 Å². The molecule has 0 radical (unpaired) electrons. The standard InChI is InChI=1S/C14H17N/c1-4-12(6-5-11(2)3)13-7-9-14(15)10-8-13/h4-10H,1,15H2,2-3H3/b12-6+. The molecule has 0 saturated heterocycles. The summed E-state index contributed by atoms with van der Waals surface area (Å²) in [6, 6.07) is 7.80. The summed E-state index contributed by atoms with van der Waals surface area (Å²) < 4.78 is 0. The Morgan fingerprint density at radius 3 is 2.20 bits per heavy atom. The quantitative estimate of drug-likeness (QED) is 0.581. The molecule has 0 aromatic heterocycles. The van der Waals surface area contributed by atoms with Gasteiger partial charge in [0, 0.05) is 5.69 Å². The van der Waals surface area contributed by atoms with Crippen LogP contribution in [0.2, 0.25) is 0 Å². The summed E-state index contributed by atoms with van der Waals surface area (Å²) in [5.74, 6) is 0. The Bertz CT molecular complexity index is 390. The molecule has 0 atom stereocenters. The average molecular weight is 199 g/mol. The lowest BCUT2D eigenvalue weighted by molar-refractivity contribution is 1.39. The van der Waals surface area contributed by atoms with Gasteiger partial charge in [-0.1, -0.05) is 42.5 Å². The van der Waals surface area contributed by atoms with Crippen molar-refractivity contribution in [3.8, 4) is 0 Å². The third-order valence-electron chi connectivity index (χ3n) is 2.06. The normalized spacial score (nSPS) is 10.9. The highest BCUT2D eigenvalue weighted by atomic mass is 14.5. The molecule has 0 saturated carbocycles. The first-order valence-corrected chi connectivity index (χ1v) is 4.97. The van der Waals surface area contributed by atoms with Gasteiger partial charge in [-0.15, -0.1) is 0 Å². The maximum atomic E-state index is 5.63. The van der Waals surface area contributed by atoms with Crippen molar-refractivity contribution in [2.75, 3.05) is 5.73 Å². The van der Waals surface area contributed by atoms with Crippen LogP contribution in [0.5, 0.6) is 0 Å². The minimum Gasteiger partial charge on any atom is -0.399 e. The van der Waals surface area contributed by atoms with E-state index >= 15 is 0 Å². The number of hydrogen-bond acceptors (Lipinski definition) is 1. The van der Waals surface area contributed by atoms with Crippen LogP contribution < -0.4 is 5.73 Å². The van der Waals surface area contributed by atoms with Gasteiger partial charge in [0.15, 0.2) is 0 Å². The number of nitrogens with two attached hydrogens (primary N) is 1. The Labute approximate surface area is 91.6 Å². The van der Waals surface area contributed by atoms with Crippen molar-refractivity contribution in [1.29, 1.82) is 0 Å². The number of allylic oxidation sites excluding steroid dienone is 5. The van der Waals surface area contributed by atoms with Crippen LogP contribution in [-0.2, 0) is 0 Å². The molecule has 0 aliphatic carbocycles. The van der Waals surface area contributed by atoms with Gasteiger partial charge in [-0.2, -0.15) is 0 Å². The second-order valence-corrected chi connectivity index (χ2v) is 3.69. The lowest BCUT2D eigenvalue weighted by Gasteiger charge is -2.01. The molecule has 0 aliphatic rings. The highest BCUT2D eigenvalue weighted by Gasteiger charge is 1.95. The summed E-state index contributed by atoms with van der Waals surface area (Å²) in [4.78, 5) is 0. The minimum absolute atomic E-state index is 0.782. The Kier molecular flexibility index (Phi) is 3.92. The molecule has 1 aromatic carbocycles. The molecule has 78 valence electrons. The lowest BCUT2D eigenvalue weighted by atomic mass is 10.0. The molecule has 1 heteroatoms. The van der Waals surface area contributed by atoms with E-state index in [-0.39, 0.29) is 0 Å². The highest BCUT2D eigenvalue weighted by molar-refractivity contribution is 5.75. The second-order valence-electron chi connectivity index (χ2n) is 3.69. The predicted octanol–water partition coefficient (Wildman–Crippen LogP) is 3.80. The lowest BCUT2D eigenvalue weighted by Crippen LogP contribution is -1.85. The molecule has 0 spiro atoms. The van der Waals surface area contributed by atoms with Gasteiger partial charge in [0.05, 0.1) is 0 Å². The fourth-order valence-corrected chi connectivity index (χ4v) is 1.21. The fourth-order valence-electron chi connectivity index (χ4n) is 1.21. The van der Waals surface area contributed by atoms with Crippen molar-refractivity contribution in [3.05, 3.63) is 60.2 Å². The molecule has 0 aliphatic heterocycles. The molecular formula is C14H17N. The number of rotatable bonds is 3. The van der Waals surface area contributed by atoms with E-state index in [1.165, 1.54) is 5.57 Å². The van der Waals surface area contributed by atoms with Crippen LogP contribution in [0.4, 0.5) is 5.69 Å². The molecule has 15 heavy (non-hydrogen) atoms. The zero-order valence-electron chi connectivity index (χ0n) is 9.33. The van der Waals surface area contributed by atoms with E-state index in [1.54, 1.807) is 0 Å². The van der Waals surface area contributed by atoms with Crippen molar-refractivity contribution in [1.82, 2.24) is 0 Å². The highest BCUT2D eigenvalue weighted by Crippen LogP contribution is 2.17. The van der Waals surface area contributed by atoms with Gasteiger partial charge in [0.25, 0.3) is 0 Å². The van der Waals surface area contributed by atoms with Crippen LogP contribution in [0.25, 0.3) is 5.57 Å². The SMILES string of the molecule is C=C/C(=C\C=C(C)C)c1ccc(N)cc1. The van der Waals surface area contributed by atoms with Crippen molar-refractivity contribution in [2.45, 2.75) is 13.8 Å². The van der Waals surface area contributed by atoms with Crippen LogP contribution in [0.15, 0.2) is 54.6 Å². The molecule has 0 heterocycles. The predicted molar refractivity (Wildman–Crippen MR) is 68.5 cm³/mol. The van der Waals surface area contributed by atoms with Crippen molar-refractivity contribution < 1.29 is 0 Å². The minimum atomic E-state index is 0.782. The van der Waals surface area contributed by atoms with Crippen molar-refractivity contribution in [3.63, 3.8) is 0 Å². The molecular weight excluding hydrogens is 182 g/mol. The first-order chi connectivity index (χ1) is 7.13. The largest absolute Gasteiger partial charge is 0.399 e. The van der Waals surface area contributed by atoms with E-state index in [4.69, 9.17) is 5.73 Å². The molecule has 0 amide bonds. The van der Waals surface area contributed by atoms with Crippen molar-refractivity contribution in [2.24, 2.45) is 0 Å². The number of hydrogen-bond donors (Lipinski definition) is 1. The van der Waals surface area contributed by atoms with E-state index in [0.717, 1.165) is 16.8 Å². The molecule has 1 rings (SSSR count). The van der Waals surface area contributed by atoms with Gasteiger partial charge in [-0.25, -0.2) is 0 Å². The first-order valence-electron chi connectivity index (χ1n) is 4.97. The van der Waals surface area contributed by atoms with Gasteiger partial charge in [-0.3, -0.25) is 0 Å². The summed E-state index contributed by atoms with van der Waals surface area (Å²) in [6.45, 7) is 7.95. The van der Waals surface area contributed by atoms with E-state index < -0.39 is 0 Å². The number of nitrogen functional groups attached to an aromatic ring is 1. The molecule has 1 nitrogen and oxygen atoms in total. The van der Waals surface area contributed by atoms with E-state index in [1.807, 2.05) is 30.3 Å². The van der Waals surface area contributed by atoms with Gasteiger partial charge in [0.1, 0.15) is 0 Å². The van der Waals surface area contributed by atoms with Crippen LogP contribution in [-0.4, -0.2) is 0 Å². The third-order valence-corrected chi connectivity index (χ3v) is 2.06. The van der Waals surface area contributed by atoms with Crippen LogP contribution in [0.3, 0.4) is 0 Å².